The van der Waals surface area contributed by atoms with Crippen molar-refractivity contribution in [2.24, 2.45) is 0 Å². The summed E-state index contributed by atoms with van der Waals surface area (Å²) in [6.07, 6.45) is 3.38. The van der Waals surface area contributed by atoms with E-state index in [1.165, 1.54) is 6.07 Å². The summed E-state index contributed by atoms with van der Waals surface area (Å²) in [5, 5.41) is 3.72. The Bertz CT molecular complexity index is 943. The molecule has 0 spiro atoms. The fourth-order valence-electron chi connectivity index (χ4n) is 3.14. The Morgan fingerprint density at radius 1 is 1.35 bits per heavy atom. The number of ether oxygens (including phenoxy) is 1. The maximum Gasteiger partial charge on any atom is 0.131 e. The van der Waals surface area contributed by atoms with Crippen LogP contribution in [0, 0.1) is 5.82 Å². The Morgan fingerprint density at radius 3 is 2.96 bits per heavy atom. The lowest BCUT2D eigenvalue weighted by Crippen LogP contribution is -2.10. The van der Waals surface area contributed by atoms with Gasteiger partial charge in [-0.25, -0.2) is 9.37 Å². The first-order valence-electron chi connectivity index (χ1n) is 8.51. The van der Waals surface area contributed by atoms with Gasteiger partial charge in [0.25, 0.3) is 0 Å². The molecule has 0 saturated carbocycles. The highest BCUT2D eigenvalue weighted by Gasteiger charge is 2.24. The fraction of sp³-hybridized carbons (Fsp3) is 0.316. The van der Waals surface area contributed by atoms with Crippen LogP contribution in [0.1, 0.15) is 35.8 Å². The van der Waals surface area contributed by atoms with Crippen molar-refractivity contribution >= 4 is 54.8 Å². The standard InChI is InChI=1S/C19H17BrClFN2OS/c20-16-17-18(26-19(16)14-7-3-4-8-25-14)13(9-15(21)24-17)23-10-11-5-1-2-6-12(11)22/h1-2,5-6,9,14H,3-4,7-8,10H2,(H,23,24)/t14-/m1/s1. The van der Waals surface area contributed by atoms with Crippen molar-refractivity contribution in [2.45, 2.75) is 31.9 Å². The van der Waals surface area contributed by atoms with Crippen LogP contribution in [0.25, 0.3) is 10.2 Å². The predicted molar refractivity (Wildman–Crippen MR) is 109 cm³/mol. The molecule has 1 saturated heterocycles. The van der Waals surface area contributed by atoms with Gasteiger partial charge in [-0.2, -0.15) is 0 Å². The number of nitrogens with zero attached hydrogens (tertiary/aromatic N) is 1. The van der Waals surface area contributed by atoms with Crippen LogP contribution in [0.2, 0.25) is 5.15 Å². The number of pyridine rings is 1. The van der Waals surface area contributed by atoms with Crippen LogP contribution in [0.15, 0.2) is 34.8 Å². The number of nitrogens with one attached hydrogen (secondary N) is 1. The normalized spacial score (nSPS) is 17.6. The summed E-state index contributed by atoms with van der Waals surface area (Å²) >= 11 is 11.6. The molecule has 1 aromatic carbocycles. The summed E-state index contributed by atoms with van der Waals surface area (Å²) in [5.41, 5.74) is 2.29. The minimum absolute atomic E-state index is 0.0931. The molecule has 3 nitrogen and oxygen atoms in total. The highest BCUT2D eigenvalue weighted by Crippen LogP contribution is 2.45. The minimum Gasteiger partial charge on any atom is -0.380 e. The van der Waals surface area contributed by atoms with Crippen LogP contribution in [-0.2, 0) is 11.3 Å². The first-order valence-corrected chi connectivity index (χ1v) is 10.5. The molecule has 2 aromatic heterocycles. The number of thiophene rings is 1. The highest BCUT2D eigenvalue weighted by molar-refractivity contribution is 9.10. The molecule has 1 N–H and O–H groups in total. The van der Waals surface area contributed by atoms with E-state index >= 15 is 0 Å². The van der Waals surface area contributed by atoms with E-state index < -0.39 is 0 Å². The quantitative estimate of drug-likeness (QED) is 0.444. The molecule has 0 aliphatic carbocycles. The number of fused-ring (bicyclic) bond motifs is 1. The molecule has 3 aromatic rings. The molecule has 26 heavy (non-hydrogen) atoms. The summed E-state index contributed by atoms with van der Waals surface area (Å²) in [7, 11) is 0. The Labute approximate surface area is 168 Å². The number of aromatic nitrogens is 1. The lowest BCUT2D eigenvalue weighted by molar-refractivity contribution is 0.0168. The first kappa shape index (κ1) is 18.2. The third kappa shape index (κ3) is 3.60. The number of benzene rings is 1. The van der Waals surface area contributed by atoms with Crippen molar-refractivity contribution in [1.82, 2.24) is 4.98 Å². The second kappa shape index (κ2) is 7.80. The third-order valence-corrected chi connectivity index (χ3v) is 7.04. The van der Waals surface area contributed by atoms with Crippen LogP contribution in [0.3, 0.4) is 0 Å². The first-order chi connectivity index (χ1) is 12.6. The van der Waals surface area contributed by atoms with E-state index in [1.807, 2.05) is 6.07 Å². The zero-order valence-corrected chi connectivity index (χ0v) is 17.1. The zero-order chi connectivity index (χ0) is 18.1. The molecule has 0 radical (unpaired) electrons. The van der Waals surface area contributed by atoms with Gasteiger partial charge in [0, 0.05) is 24.8 Å². The second-order valence-corrected chi connectivity index (χ2v) is 8.48. The van der Waals surface area contributed by atoms with Crippen LogP contribution >= 0.6 is 38.9 Å². The summed E-state index contributed by atoms with van der Waals surface area (Å²) < 4.78 is 21.8. The predicted octanol–water partition coefficient (Wildman–Crippen LogP) is 6.71. The van der Waals surface area contributed by atoms with Gasteiger partial charge >= 0.3 is 0 Å². The van der Waals surface area contributed by atoms with Crippen molar-refractivity contribution in [1.29, 1.82) is 0 Å². The Kier molecular flexibility index (Phi) is 5.45. The highest BCUT2D eigenvalue weighted by atomic mass is 79.9. The lowest BCUT2D eigenvalue weighted by Gasteiger charge is -2.21. The zero-order valence-electron chi connectivity index (χ0n) is 13.9. The van der Waals surface area contributed by atoms with E-state index in [4.69, 9.17) is 16.3 Å². The van der Waals surface area contributed by atoms with Gasteiger partial charge in [0.05, 0.1) is 31.4 Å². The van der Waals surface area contributed by atoms with E-state index in [1.54, 1.807) is 29.5 Å². The maximum atomic E-state index is 13.9. The second-order valence-electron chi connectivity index (χ2n) is 6.25. The van der Waals surface area contributed by atoms with Crippen molar-refractivity contribution in [3.8, 4) is 0 Å². The maximum absolute atomic E-state index is 13.9. The van der Waals surface area contributed by atoms with Crippen LogP contribution < -0.4 is 5.32 Å². The molecule has 1 fully saturated rings. The average Bonchev–Trinajstić information content (AvgIpc) is 2.98. The number of rotatable bonds is 4. The molecule has 1 atom stereocenters. The SMILES string of the molecule is Fc1ccccc1CNc1cc(Cl)nc2c(Br)c([C@H]3CCCCO3)sc12. The van der Waals surface area contributed by atoms with Gasteiger partial charge in [0.1, 0.15) is 11.0 Å². The molecular weight excluding hydrogens is 439 g/mol. The molecule has 0 bridgehead atoms. The number of halogens is 3. The van der Waals surface area contributed by atoms with E-state index in [0.29, 0.717) is 17.3 Å². The van der Waals surface area contributed by atoms with Gasteiger partial charge < -0.3 is 10.1 Å². The Hall–Kier alpha value is -1.21. The minimum atomic E-state index is -0.222. The van der Waals surface area contributed by atoms with Gasteiger partial charge in [0.15, 0.2) is 0 Å². The summed E-state index contributed by atoms with van der Waals surface area (Å²) in [4.78, 5) is 5.63. The van der Waals surface area contributed by atoms with Gasteiger partial charge in [-0.1, -0.05) is 29.8 Å². The number of hydrogen-bond acceptors (Lipinski definition) is 4. The molecule has 136 valence electrons. The molecular formula is C19H17BrClFN2OS. The number of hydrogen-bond donors (Lipinski definition) is 1. The molecule has 1 aliphatic rings. The van der Waals surface area contributed by atoms with Gasteiger partial charge in [0.2, 0.25) is 0 Å². The molecule has 7 heteroatoms. The fourth-order valence-corrected chi connectivity index (χ4v) is 5.46. The Balaban J connectivity index is 1.69. The van der Waals surface area contributed by atoms with E-state index in [0.717, 1.165) is 51.1 Å². The molecule has 1 aliphatic heterocycles. The molecule has 0 amide bonds. The van der Waals surface area contributed by atoms with Gasteiger partial charge in [-0.3, -0.25) is 0 Å². The van der Waals surface area contributed by atoms with Crippen molar-refractivity contribution in [3.63, 3.8) is 0 Å². The third-order valence-electron chi connectivity index (χ3n) is 4.48. The van der Waals surface area contributed by atoms with E-state index in [2.05, 4.69) is 26.2 Å². The summed E-state index contributed by atoms with van der Waals surface area (Å²) in [6.45, 7) is 1.17. The van der Waals surface area contributed by atoms with E-state index in [9.17, 15) is 4.39 Å². The molecule has 0 unspecified atom stereocenters. The molecule has 3 heterocycles. The topological polar surface area (TPSA) is 34.2 Å². The molecule has 4 rings (SSSR count). The van der Waals surface area contributed by atoms with Crippen LogP contribution in [0.5, 0.6) is 0 Å². The monoisotopic (exact) mass is 454 g/mol. The van der Waals surface area contributed by atoms with Crippen LogP contribution in [-0.4, -0.2) is 11.6 Å². The summed E-state index contributed by atoms with van der Waals surface area (Å²) in [6, 6.07) is 8.54. The van der Waals surface area contributed by atoms with Gasteiger partial charge in [-0.15, -0.1) is 11.3 Å². The average molecular weight is 456 g/mol. The Morgan fingerprint density at radius 2 is 2.19 bits per heavy atom. The van der Waals surface area contributed by atoms with Crippen molar-refractivity contribution in [3.05, 3.63) is 56.2 Å². The smallest absolute Gasteiger partial charge is 0.131 e. The number of anilines is 1. The van der Waals surface area contributed by atoms with Crippen molar-refractivity contribution < 1.29 is 9.13 Å². The van der Waals surface area contributed by atoms with Crippen LogP contribution in [0.4, 0.5) is 10.1 Å². The van der Waals surface area contributed by atoms with Gasteiger partial charge in [-0.05, 0) is 41.3 Å². The lowest BCUT2D eigenvalue weighted by atomic mass is 10.1. The largest absolute Gasteiger partial charge is 0.380 e. The summed E-state index contributed by atoms with van der Waals surface area (Å²) in [5.74, 6) is -0.222. The van der Waals surface area contributed by atoms with E-state index in [-0.39, 0.29) is 11.9 Å². The van der Waals surface area contributed by atoms with Crippen molar-refractivity contribution in [2.75, 3.05) is 11.9 Å².